The molecule has 2 atom stereocenters. The second kappa shape index (κ2) is 6.67. The molecule has 1 nitrogen and oxygen atoms in total. The number of benzene rings is 2. The zero-order valence-electron chi connectivity index (χ0n) is 12.6. The van der Waals surface area contributed by atoms with Gasteiger partial charge in [0.15, 0.2) is 0 Å². The topological polar surface area (TPSA) is 26.0 Å². The molecule has 0 spiro atoms. The summed E-state index contributed by atoms with van der Waals surface area (Å²) in [5.41, 5.74) is 4.08. The van der Waals surface area contributed by atoms with E-state index >= 15 is 0 Å². The van der Waals surface area contributed by atoms with Crippen LogP contribution in [0.2, 0.25) is 0 Å². The Balaban J connectivity index is 1.80. The van der Waals surface area contributed by atoms with Gasteiger partial charge in [0.1, 0.15) is 0 Å². The molecular formula is C19H23NS. The summed E-state index contributed by atoms with van der Waals surface area (Å²) in [5, 5.41) is 5.57. The van der Waals surface area contributed by atoms with Crippen LogP contribution in [0.15, 0.2) is 53.4 Å². The molecular weight excluding hydrogens is 274 g/mol. The van der Waals surface area contributed by atoms with Gasteiger partial charge in [-0.3, -0.25) is 5.14 Å². The summed E-state index contributed by atoms with van der Waals surface area (Å²) in [6, 6.07) is 17.7. The molecule has 3 rings (SSSR count). The molecule has 1 saturated carbocycles. The maximum absolute atomic E-state index is 5.57. The van der Waals surface area contributed by atoms with Crippen LogP contribution in [0.3, 0.4) is 0 Å². The summed E-state index contributed by atoms with van der Waals surface area (Å²) in [4.78, 5) is 1.10. The number of hydrogen-bond acceptors (Lipinski definition) is 2. The van der Waals surface area contributed by atoms with Crippen molar-refractivity contribution in [2.75, 3.05) is 0 Å². The van der Waals surface area contributed by atoms with Gasteiger partial charge < -0.3 is 0 Å². The summed E-state index contributed by atoms with van der Waals surface area (Å²) in [5.74, 6) is 1.66. The van der Waals surface area contributed by atoms with E-state index in [9.17, 15) is 0 Å². The first-order chi connectivity index (χ1) is 10.3. The van der Waals surface area contributed by atoms with Gasteiger partial charge in [0, 0.05) is 4.90 Å². The first-order valence-corrected chi connectivity index (χ1v) is 8.77. The average Bonchev–Trinajstić information content (AvgIpc) is 3.04. The van der Waals surface area contributed by atoms with Gasteiger partial charge in [-0.25, -0.2) is 0 Å². The van der Waals surface area contributed by atoms with Crippen molar-refractivity contribution in [3.05, 3.63) is 54.1 Å². The van der Waals surface area contributed by atoms with Gasteiger partial charge in [0.05, 0.1) is 0 Å². The number of hydrogen-bond donors (Lipinski definition) is 1. The van der Waals surface area contributed by atoms with E-state index in [1.165, 1.54) is 54.3 Å². The lowest BCUT2D eigenvalue weighted by Crippen LogP contribution is -2.04. The molecule has 1 aliphatic carbocycles. The van der Waals surface area contributed by atoms with Crippen molar-refractivity contribution in [1.82, 2.24) is 0 Å². The highest BCUT2D eigenvalue weighted by molar-refractivity contribution is 7.97. The Bertz CT molecular complexity index is 574. The molecule has 0 heterocycles. The van der Waals surface area contributed by atoms with Crippen LogP contribution in [0.25, 0.3) is 11.1 Å². The van der Waals surface area contributed by atoms with Crippen molar-refractivity contribution in [2.24, 2.45) is 11.1 Å². The first-order valence-electron chi connectivity index (χ1n) is 7.89. The predicted molar refractivity (Wildman–Crippen MR) is 92.3 cm³/mol. The van der Waals surface area contributed by atoms with E-state index in [1.807, 2.05) is 0 Å². The van der Waals surface area contributed by atoms with Crippen molar-refractivity contribution in [3.8, 4) is 11.1 Å². The van der Waals surface area contributed by atoms with E-state index in [2.05, 4.69) is 55.5 Å². The molecule has 0 saturated heterocycles. The lowest BCUT2D eigenvalue weighted by molar-refractivity contribution is 0.470. The minimum atomic E-state index is 0.778. The Morgan fingerprint density at radius 1 is 0.952 bits per heavy atom. The van der Waals surface area contributed by atoms with Crippen LogP contribution in [0.1, 0.15) is 44.1 Å². The Labute approximate surface area is 132 Å². The molecule has 2 aromatic rings. The van der Waals surface area contributed by atoms with Crippen LogP contribution >= 0.6 is 11.9 Å². The number of rotatable bonds is 4. The molecule has 0 bridgehead atoms. The molecule has 21 heavy (non-hydrogen) atoms. The molecule has 110 valence electrons. The fourth-order valence-electron chi connectivity index (χ4n) is 3.61. The van der Waals surface area contributed by atoms with Gasteiger partial charge >= 0.3 is 0 Å². The largest absolute Gasteiger partial charge is 0.274 e. The lowest BCUT2D eigenvalue weighted by Gasteiger charge is -2.18. The van der Waals surface area contributed by atoms with Crippen LogP contribution < -0.4 is 5.14 Å². The van der Waals surface area contributed by atoms with E-state index in [-0.39, 0.29) is 0 Å². The summed E-state index contributed by atoms with van der Waals surface area (Å²) < 4.78 is 0. The monoisotopic (exact) mass is 297 g/mol. The zero-order chi connectivity index (χ0) is 14.7. The van der Waals surface area contributed by atoms with E-state index in [1.54, 1.807) is 0 Å². The zero-order valence-corrected chi connectivity index (χ0v) is 13.4. The molecule has 2 heteroatoms. The Hall–Kier alpha value is -1.25. The summed E-state index contributed by atoms with van der Waals surface area (Å²) in [7, 11) is 0. The lowest BCUT2D eigenvalue weighted by atomic mass is 9.86. The van der Waals surface area contributed by atoms with Crippen molar-refractivity contribution in [2.45, 2.75) is 43.4 Å². The Morgan fingerprint density at radius 3 is 2.14 bits per heavy atom. The van der Waals surface area contributed by atoms with Gasteiger partial charge in [-0.1, -0.05) is 56.2 Å². The molecule has 0 aliphatic heterocycles. The summed E-state index contributed by atoms with van der Waals surface area (Å²) in [6.07, 6.45) is 5.47. The third kappa shape index (κ3) is 3.17. The van der Waals surface area contributed by atoms with Gasteiger partial charge in [-0.2, -0.15) is 0 Å². The van der Waals surface area contributed by atoms with Crippen molar-refractivity contribution in [1.29, 1.82) is 0 Å². The third-order valence-electron chi connectivity index (χ3n) is 4.85. The van der Waals surface area contributed by atoms with E-state index in [0.29, 0.717) is 0 Å². The minimum absolute atomic E-state index is 0.778. The van der Waals surface area contributed by atoms with Gasteiger partial charge in [0.2, 0.25) is 0 Å². The average molecular weight is 297 g/mol. The van der Waals surface area contributed by atoms with E-state index in [0.717, 1.165) is 16.7 Å². The SMILES string of the molecule is CCC1CCCC1c1ccc(-c2ccc(SN)cc2)cc1. The van der Waals surface area contributed by atoms with Crippen molar-refractivity contribution < 1.29 is 0 Å². The van der Waals surface area contributed by atoms with Crippen LogP contribution in [0.5, 0.6) is 0 Å². The molecule has 2 unspecified atom stereocenters. The third-order valence-corrected chi connectivity index (χ3v) is 5.39. The summed E-state index contributed by atoms with van der Waals surface area (Å²) >= 11 is 1.29. The second-order valence-corrected chi connectivity index (χ2v) is 6.68. The number of nitrogens with two attached hydrogens (primary N) is 1. The molecule has 0 radical (unpaired) electrons. The molecule has 1 fully saturated rings. The molecule has 1 aliphatic rings. The maximum atomic E-state index is 5.57. The smallest absolute Gasteiger partial charge is 0.0226 e. The summed E-state index contributed by atoms with van der Waals surface area (Å²) in [6.45, 7) is 2.33. The molecule has 2 N–H and O–H groups in total. The second-order valence-electron chi connectivity index (χ2n) is 5.97. The normalized spacial score (nSPS) is 21.6. The molecule has 0 amide bonds. The highest BCUT2D eigenvalue weighted by Gasteiger charge is 2.26. The molecule has 0 aromatic heterocycles. The van der Waals surface area contributed by atoms with Crippen LogP contribution in [0.4, 0.5) is 0 Å². The highest BCUT2D eigenvalue weighted by Crippen LogP contribution is 2.41. The predicted octanol–water partition coefficient (Wildman–Crippen LogP) is 5.61. The van der Waals surface area contributed by atoms with Crippen molar-refractivity contribution in [3.63, 3.8) is 0 Å². The van der Waals surface area contributed by atoms with Crippen LogP contribution in [-0.2, 0) is 0 Å². The van der Waals surface area contributed by atoms with Gasteiger partial charge in [-0.05, 0) is 65.4 Å². The maximum Gasteiger partial charge on any atom is 0.0226 e. The van der Waals surface area contributed by atoms with Crippen LogP contribution in [0, 0.1) is 5.92 Å². The standard InChI is InChI=1S/C19H23NS/c1-2-14-4-3-5-19(14)17-8-6-15(7-9-17)16-10-12-18(21-20)13-11-16/h6-14,19H,2-5,20H2,1H3. The Kier molecular flexibility index (Phi) is 4.67. The van der Waals surface area contributed by atoms with Gasteiger partial charge in [0.25, 0.3) is 0 Å². The van der Waals surface area contributed by atoms with E-state index in [4.69, 9.17) is 5.14 Å². The quantitative estimate of drug-likeness (QED) is 0.742. The fraction of sp³-hybridized carbons (Fsp3) is 0.368. The van der Waals surface area contributed by atoms with Crippen molar-refractivity contribution >= 4 is 11.9 Å². The minimum Gasteiger partial charge on any atom is -0.274 e. The Morgan fingerprint density at radius 2 is 1.57 bits per heavy atom. The van der Waals surface area contributed by atoms with Crippen LogP contribution in [-0.4, -0.2) is 0 Å². The fourth-order valence-corrected chi connectivity index (χ4v) is 3.91. The van der Waals surface area contributed by atoms with Gasteiger partial charge in [-0.15, -0.1) is 0 Å². The molecule has 2 aromatic carbocycles. The highest BCUT2D eigenvalue weighted by atomic mass is 32.2. The first kappa shape index (κ1) is 14.7. The van der Waals surface area contributed by atoms with E-state index < -0.39 is 0 Å².